The number of rotatable bonds is 8. The van der Waals surface area contributed by atoms with E-state index in [0.29, 0.717) is 30.2 Å². The van der Waals surface area contributed by atoms with Gasteiger partial charge in [0.05, 0.1) is 5.92 Å². The molecule has 0 aliphatic rings. The number of carbonyl (C=O) groups excluding carboxylic acids is 1. The summed E-state index contributed by atoms with van der Waals surface area (Å²) in [6.07, 6.45) is 0.503. The molecule has 0 fully saturated rings. The first-order valence-electron chi connectivity index (χ1n) is 6.83. The van der Waals surface area contributed by atoms with Crippen molar-refractivity contribution in [3.8, 4) is 5.75 Å². The van der Waals surface area contributed by atoms with Crippen molar-refractivity contribution in [3.05, 3.63) is 29.3 Å². The van der Waals surface area contributed by atoms with Crippen LogP contribution in [-0.4, -0.2) is 29.6 Å². The van der Waals surface area contributed by atoms with Crippen LogP contribution in [0.1, 0.15) is 26.7 Å². The van der Waals surface area contributed by atoms with Crippen LogP contribution in [0.4, 0.5) is 0 Å². The van der Waals surface area contributed by atoms with Gasteiger partial charge in [-0.1, -0.05) is 24.6 Å². The van der Waals surface area contributed by atoms with E-state index in [-0.39, 0.29) is 5.91 Å². The third kappa shape index (κ3) is 6.49. The standard InChI is InChI=1S/C15H20ClNO4/c1-10(15(19)20)5-4-8-17-14(18)11(2)21-13-7-3-6-12(16)9-13/h3,6-7,9-11H,4-5,8H2,1-2H3,(H,17,18)(H,19,20). The van der Waals surface area contributed by atoms with Gasteiger partial charge in [0, 0.05) is 11.6 Å². The second-order valence-corrected chi connectivity index (χ2v) is 5.33. The van der Waals surface area contributed by atoms with Crippen LogP contribution in [0.25, 0.3) is 0 Å². The molecule has 1 rings (SSSR count). The Morgan fingerprint density at radius 3 is 2.71 bits per heavy atom. The molecule has 2 N–H and O–H groups in total. The SMILES string of the molecule is CC(CCCNC(=O)C(C)Oc1cccc(Cl)c1)C(=O)O. The number of aliphatic carboxylic acids is 1. The van der Waals surface area contributed by atoms with Gasteiger partial charge in [-0.05, 0) is 38.0 Å². The van der Waals surface area contributed by atoms with Crippen LogP contribution in [0.2, 0.25) is 5.02 Å². The molecule has 0 aliphatic heterocycles. The van der Waals surface area contributed by atoms with Crippen molar-refractivity contribution in [3.63, 3.8) is 0 Å². The molecule has 0 bridgehead atoms. The molecule has 116 valence electrons. The number of ether oxygens (including phenoxy) is 1. The van der Waals surface area contributed by atoms with E-state index in [2.05, 4.69) is 5.32 Å². The number of hydrogen-bond donors (Lipinski definition) is 2. The molecule has 0 heterocycles. The average molecular weight is 314 g/mol. The van der Waals surface area contributed by atoms with Gasteiger partial charge in [-0.3, -0.25) is 9.59 Å². The third-order valence-electron chi connectivity index (χ3n) is 3.01. The molecule has 21 heavy (non-hydrogen) atoms. The van der Waals surface area contributed by atoms with Crippen LogP contribution >= 0.6 is 11.6 Å². The van der Waals surface area contributed by atoms with Gasteiger partial charge in [0.1, 0.15) is 5.75 Å². The molecule has 0 spiro atoms. The molecule has 2 atom stereocenters. The van der Waals surface area contributed by atoms with Crippen molar-refractivity contribution >= 4 is 23.5 Å². The maximum Gasteiger partial charge on any atom is 0.306 e. The van der Waals surface area contributed by atoms with E-state index < -0.39 is 18.0 Å². The minimum Gasteiger partial charge on any atom is -0.481 e. The van der Waals surface area contributed by atoms with E-state index in [4.69, 9.17) is 21.4 Å². The molecule has 0 aromatic heterocycles. The molecule has 1 aromatic rings. The zero-order valence-electron chi connectivity index (χ0n) is 12.1. The fraction of sp³-hybridized carbons (Fsp3) is 0.467. The van der Waals surface area contributed by atoms with Crippen LogP contribution in [-0.2, 0) is 9.59 Å². The number of carbonyl (C=O) groups is 2. The maximum atomic E-state index is 11.8. The average Bonchev–Trinajstić information content (AvgIpc) is 2.42. The van der Waals surface area contributed by atoms with E-state index in [1.165, 1.54) is 0 Å². The van der Waals surface area contributed by atoms with Crippen molar-refractivity contribution in [2.24, 2.45) is 5.92 Å². The van der Waals surface area contributed by atoms with Gasteiger partial charge < -0.3 is 15.2 Å². The second kappa shape index (κ2) is 8.52. The summed E-state index contributed by atoms with van der Waals surface area (Å²) >= 11 is 5.84. The zero-order valence-corrected chi connectivity index (χ0v) is 12.9. The fourth-order valence-corrected chi connectivity index (χ4v) is 1.87. The lowest BCUT2D eigenvalue weighted by molar-refractivity contribution is -0.141. The molecule has 0 aliphatic carbocycles. The van der Waals surface area contributed by atoms with Gasteiger partial charge in [-0.25, -0.2) is 0 Å². The summed E-state index contributed by atoms with van der Waals surface area (Å²) in [5.74, 6) is -0.927. The number of carboxylic acid groups (broad SMARTS) is 1. The zero-order chi connectivity index (χ0) is 15.8. The van der Waals surface area contributed by atoms with E-state index in [9.17, 15) is 9.59 Å². The minimum atomic E-state index is -0.820. The quantitative estimate of drug-likeness (QED) is 0.724. The van der Waals surface area contributed by atoms with Gasteiger partial charge in [0.2, 0.25) is 0 Å². The molecular weight excluding hydrogens is 294 g/mol. The predicted molar refractivity (Wildman–Crippen MR) is 80.6 cm³/mol. The monoisotopic (exact) mass is 313 g/mol. The number of benzene rings is 1. The van der Waals surface area contributed by atoms with Crippen molar-refractivity contribution in [1.82, 2.24) is 5.32 Å². The van der Waals surface area contributed by atoms with Crippen LogP contribution in [0, 0.1) is 5.92 Å². The summed E-state index contributed by atoms with van der Waals surface area (Å²) in [7, 11) is 0. The van der Waals surface area contributed by atoms with Gasteiger partial charge in [-0.15, -0.1) is 0 Å². The lowest BCUT2D eigenvalue weighted by Gasteiger charge is -2.15. The summed E-state index contributed by atoms with van der Waals surface area (Å²) in [4.78, 5) is 22.5. The minimum absolute atomic E-state index is 0.238. The Kier molecular flexibility index (Phi) is 7.02. The predicted octanol–water partition coefficient (Wildman–Crippen LogP) is 2.72. The Morgan fingerprint density at radius 1 is 1.38 bits per heavy atom. The van der Waals surface area contributed by atoms with Crippen LogP contribution in [0.15, 0.2) is 24.3 Å². The van der Waals surface area contributed by atoms with E-state index in [0.717, 1.165) is 0 Å². The highest BCUT2D eigenvalue weighted by molar-refractivity contribution is 6.30. The third-order valence-corrected chi connectivity index (χ3v) is 3.25. The molecule has 5 nitrogen and oxygen atoms in total. The topological polar surface area (TPSA) is 75.6 Å². The highest BCUT2D eigenvalue weighted by atomic mass is 35.5. The summed E-state index contributed by atoms with van der Waals surface area (Å²) in [5.41, 5.74) is 0. The summed E-state index contributed by atoms with van der Waals surface area (Å²) < 4.78 is 5.48. The smallest absolute Gasteiger partial charge is 0.306 e. The number of hydrogen-bond acceptors (Lipinski definition) is 3. The van der Waals surface area contributed by atoms with Crippen molar-refractivity contribution in [2.75, 3.05) is 6.54 Å². The lowest BCUT2D eigenvalue weighted by Crippen LogP contribution is -2.37. The highest BCUT2D eigenvalue weighted by Gasteiger charge is 2.15. The Morgan fingerprint density at radius 2 is 2.10 bits per heavy atom. The number of amides is 1. The Labute approximate surface area is 129 Å². The van der Waals surface area contributed by atoms with E-state index in [1.807, 2.05) is 0 Å². The number of halogens is 1. The highest BCUT2D eigenvalue weighted by Crippen LogP contribution is 2.18. The molecule has 0 saturated heterocycles. The molecule has 1 amide bonds. The van der Waals surface area contributed by atoms with Gasteiger partial charge in [0.25, 0.3) is 5.91 Å². The molecule has 2 unspecified atom stereocenters. The first-order chi connectivity index (χ1) is 9.90. The van der Waals surface area contributed by atoms with Crippen LogP contribution < -0.4 is 10.1 Å². The Balaban J connectivity index is 2.30. The Hall–Kier alpha value is -1.75. The van der Waals surface area contributed by atoms with Gasteiger partial charge >= 0.3 is 5.97 Å². The van der Waals surface area contributed by atoms with Crippen molar-refractivity contribution in [2.45, 2.75) is 32.8 Å². The second-order valence-electron chi connectivity index (χ2n) is 4.89. The molecule has 6 heteroatoms. The molecule has 0 saturated carbocycles. The Bertz CT molecular complexity index is 492. The van der Waals surface area contributed by atoms with Crippen LogP contribution in [0.5, 0.6) is 5.75 Å². The fourth-order valence-electron chi connectivity index (χ4n) is 1.68. The summed E-state index contributed by atoms with van der Waals surface area (Å²) in [5, 5.41) is 12.0. The summed E-state index contributed by atoms with van der Waals surface area (Å²) in [6.45, 7) is 3.73. The van der Waals surface area contributed by atoms with Crippen LogP contribution in [0.3, 0.4) is 0 Å². The van der Waals surface area contributed by atoms with E-state index >= 15 is 0 Å². The summed E-state index contributed by atoms with van der Waals surface area (Å²) in [6, 6.07) is 6.84. The van der Waals surface area contributed by atoms with Crippen molar-refractivity contribution in [1.29, 1.82) is 0 Å². The first-order valence-corrected chi connectivity index (χ1v) is 7.20. The number of carboxylic acids is 1. The maximum absolute atomic E-state index is 11.8. The molecular formula is C15H20ClNO4. The largest absolute Gasteiger partial charge is 0.481 e. The first kappa shape index (κ1) is 17.3. The molecule has 0 radical (unpaired) electrons. The number of nitrogens with one attached hydrogen (secondary N) is 1. The lowest BCUT2D eigenvalue weighted by atomic mass is 10.1. The van der Waals surface area contributed by atoms with Crippen molar-refractivity contribution < 1.29 is 19.4 Å². The van der Waals surface area contributed by atoms with Gasteiger partial charge in [0.15, 0.2) is 6.10 Å². The molecule has 1 aromatic carbocycles. The van der Waals surface area contributed by atoms with Gasteiger partial charge in [-0.2, -0.15) is 0 Å². The van der Waals surface area contributed by atoms with E-state index in [1.54, 1.807) is 38.1 Å². The normalized spacial score (nSPS) is 13.3.